The number of carbonyl (C=O) groups excluding carboxylic acids is 2. The maximum absolute atomic E-state index is 13.1. The summed E-state index contributed by atoms with van der Waals surface area (Å²) in [4.78, 5) is 31.0. The number of nitrogens with one attached hydrogen (secondary N) is 1. The minimum Gasteiger partial charge on any atom is -0.460 e. The molecule has 0 fully saturated rings. The molecular weight excluding hydrogens is 448 g/mol. The molecule has 0 aliphatic carbocycles. The number of hydrogen-bond donors (Lipinski definition) is 1. The van der Waals surface area contributed by atoms with Gasteiger partial charge in [-0.2, -0.15) is 0 Å². The highest BCUT2D eigenvalue weighted by molar-refractivity contribution is 7.13. The van der Waals surface area contributed by atoms with Gasteiger partial charge in [0.2, 0.25) is 0 Å². The Morgan fingerprint density at radius 3 is 1.94 bits per heavy atom. The van der Waals surface area contributed by atoms with E-state index in [9.17, 15) is 9.59 Å². The van der Waals surface area contributed by atoms with Crippen molar-refractivity contribution >= 4 is 34.9 Å². The lowest BCUT2D eigenvalue weighted by molar-refractivity contribution is -0.143. The average molecular weight is 475 g/mol. The molecule has 1 aliphatic heterocycles. The summed E-state index contributed by atoms with van der Waals surface area (Å²) in [5, 5.41) is 6.42. The molecule has 8 heteroatoms. The van der Waals surface area contributed by atoms with E-state index in [0.29, 0.717) is 33.3 Å². The van der Waals surface area contributed by atoms with Crippen LogP contribution >= 0.6 is 22.9 Å². The first-order valence-corrected chi connectivity index (χ1v) is 11.7. The van der Waals surface area contributed by atoms with Gasteiger partial charge in [0.15, 0.2) is 0 Å². The van der Waals surface area contributed by atoms with Crippen molar-refractivity contribution in [3.05, 3.63) is 62.9 Å². The molecule has 0 saturated heterocycles. The zero-order valence-electron chi connectivity index (χ0n) is 19.0. The van der Waals surface area contributed by atoms with E-state index in [1.807, 2.05) is 17.5 Å². The standard InChI is InChI=1S/C24H27ClN2O4S/c1-12(2)30-23(28)19-14(5)26-15(6)20(24(29)31-13(3)4)21(19)18-11-32-22(27-18)16-7-9-17(25)10-8-16/h7-13,21,26H,1-6H3. The number of nitrogens with zero attached hydrogens (tertiary/aromatic N) is 1. The highest BCUT2D eigenvalue weighted by Crippen LogP contribution is 2.41. The van der Waals surface area contributed by atoms with Crippen molar-refractivity contribution < 1.29 is 19.1 Å². The minimum atomic E-state index is -0.703. The maximum atomic E-state index is 13.1. The molecule has 1 N–H and O–H groups in total. The van der Waals surface area contributed by atoms with Gasteiger partial charge in [-0.25, -0.2) is 14.6 Å². The van der Waals surface area contributed by atoms with Crippen LogP contribution in [0.2, 0.25) is 5.02 Å². The lowest BCUT2D eigenvalue weighted by Gasteiger charge is -2.30. The molecule has 0 unspecified atom stereocenters. The molecule has 2 heterocycles. The Balaban J connectivity index is 2.11. The molecule has 2 aromatic rings. The van der Waals surface area contributed by atoms with Gasteiger partial charge in [-0.15, -0.1) is 11.3 Å². The Bertz CT molecular complexity index is 1040. The van der Waals surface area contributed by atoms with Crippen LogP contribution in [0.1, 0.15) is 53.2 Å². The van der Waals surface area contributed by atoms with E-state index in [1.165, 1.54) is 11.3 Å². The molecule has 0 saturated carbocycles. The number of dihydropyridines is 1. The van der Waals surface area contributed by atoms with E-state index in [1.54, 1.807) is 53.7 Å². The Labute approximate surface area is 197 Å². The van der Waals surface area contributed by atoms with Crippen LogP contribution in [0.5, 0.6) is 0 Å². The monoisotopic (exact) mass is 474 g/mol. The van der Waals surface area contributed by atoms with Crippen LogP contribution in [0, 0.1) is 0 Å². The van der Waals surface area contributed by atoms with E-state index in [4.69, 9.17) is 26.1 Å². The van der Waals surface area contributed by atoms with Crippen LogP contribution < -0.4 is 5.32 Å². The van der Waals surface area contributed by atoms with Crippen molar-refractivity contribution in [2.24, 2.45) is 0 Å². The average Bonchev–Trinajstić information content (AvgIpc) is 3.16. The van der Waals surface area contributed by atoms with Gasteiger partial charge < -0.3 is 14.8 Å². The Kier molecular flexibility index (Phi) is 7.41. The predicted molar refractivity (Wildman–Crippen MR) is 126 cm³/mol. The molecule has 170 valence electrons. The van der Waals surface area contributed by atoms with Crippen LogP contribution in [0.3, 0.4) is 0 Å². The fourth-order valence-corrected chi connectivity index (χ4v) is 4.51. The quantitative estimate of drug-likeness (QED) is 0.549. The summed E-state index contributed by atoms with van der Waals surface area (Å²) in [6, 6.07) is 7.37. The SMILES string of the molecule is CC1=C(C(=O)OC(C)C)C(c2csc(-c3ccc(Cl)cc3)n2)C(C(=O)OC(C)C)=C(C)N1. The molecule has 1 aliphatic rings. The van der Waals surface area contributed by atoms with E-state index in [-0.39, 0.29) is 12.2 Å². The smallest absolute Gasteiger partial charge is 0.337 e. The third-order valence-electron chi connectivity index (χ3n) is 4.79. The third kappa shape index (κ3) is 5.22. The highest BCUT2D eigenvalue weighted by Gasteiger charge is 2.39. The number of aromatic nitrogens is 1. The summed E-state index contributed by atoms with van der Waals surface area (Å²) in [6.07, 6.45) is -0.608. The number of carbonyl (C=O) groups is 2. The Hall–Kier alpha value is -2.64. The summed E-state index contributed by atoms with van der Waals surface area (Å²) in [5.41, 5.74) is 3.45. The van der Waals surface area contributed by atoms with E-state index in [0.717, 1.165) is 10.6 Å². The van der Waals surface area contributed by atoms with Gasteiger partial charge >= 0.3 is 11.9 Å². The molecule has 0 amide bonds. The van der Waals surface area contributed by atoms with E-state index >= 15 is 0 Å². The fourth-order valence-electron chi connectivity index (χ4n) is 3.53. The first kappa shape index (κ1) is 24.0. The number of rotatable bonds is 6. The zero-order valence-corrected chi connectivity index (χ0v) is 20.6. The first-order valence-electron chi connectivity index (χ1n) is 10.4. The molecule has 0 bridgehead atoms. The van der Waals surface area contributed by atoms with Crippen molar-refractivity contribution in [1.82, 2.24) is 10.3 Å². The van der Waals surface area contributed by atoms with Gasteiger partial charge in [0, 0.05) is 27.4 Å². The summed E-state index contributed by atoms with van der Waals surface area (Å²) in [7, 11) is 0. The zero-order chi connectivity index (χ0) is 23.6. The molecule has 32 heavy (non-hydrogen) atoms. The summed E-state index contributed by atoms with van der Waals surface area (Å²) < 4.78 is 11.0. The van der Waals surface area contributed by atoms with Gasteiger partial charge in [0.1, 0.15) is 5.01 Å². The van der Waals surface area contributed by atoms with Gasteiger partial charge in [-0.1, -0.05) is 23.7 Å². The second kappa shape index (κ2) is 9.88. The van der Waals surface area contributed by atoms with Gasteiger partial charge in [-0.05, 0) is 53.7 Å². The molecule has 6 nitrogen and oxygen atoms in total. The number of thiazole rings is 1. The molecule has 1 aromatic carbocycles. The predicted octanol–water partition coefficient (Wildman–Crippen LogP) is 5.60. The topological polar surface area (TPSA) is 77.5 Å². The lowest BCUT2D eigenvalue weighted by atomic mass is 9.83. The van der Waals surface area contributed by atoms with Crippen molar-refractivity contribution in [3.63, 3.8) is 0 Å². The third-order valence-corrected chi connectivity index (χ3v) is 5.96. The number of benzene rings is 1. The molecule has 0 radical (unpaired) electrons. The van der Waals surface area contributed by atoms with Crippen LogP contribution in [0.4, 0.5) is 0 Å². The highest BCUT2D eigenvalue weighted by atomic mass is 35.5. The van der Waals surface area contributed by atoms with Gasteiger partial charge in [0.05, 0.1) is 35.0 Å². The second-order valence-electron chi connectivity index (χ2n) is 8.13. The molecule has 0 atom stereocenters. The van der Waals surface area contributed by atoms with Crippen LogP contribution in [0.15, 0.2) is 52.2 Å². The normalized spacial score (nSPS) is 14.8. The lowest BCUT2D eigenvalue weighted by Crippen LogP contribution is -2.33. The van der Waals surface area contributed by atoms with Crippen molar-refractivity contribution in [1.29, 1.82) is 0 Å². The largest absolute Gasteiger partial charge is 0.460 e. The van der Waals surface area contributed by atoms with Crippen molar-refractivity contribution in [3.8, 4) is 10.6 Å². The Morgan fingerprint density at radius 2 is 1.47 bits per heavy atom. The van der Waals surface area contributed by atoms with Crippen molar-refractivity contribution in [2.75, 3.05) is 0 Å². The van der Waals surface area contributed by atoms with Crippen LogP contribution in [-0.4, -0.2) is 29.1 Å². The van der Waals surface area contributed by atoms with E-state index < -0.39 is 17.9 Å². The van der Waals surface area contributed by atoms with Gasteiger partial charge in [0.25, 0.3) is 0 Å². The number of esters is 2. The van der Waals surface area contributed by atoms with Gasteiger partial charge in [-0.3, -0.25) is 0 Å². The number of allylic oxidation sites excluding steroid dienone is 2. The summed E-state index contributed by atoms with van der Waals surface area (Å²) in [6.45, 7) is 10.7. The molecule has 3 rings (SSSR count). The molecular formula is C24H27ClN2O4S. The fraction of sp³-hybridized carbons (Fsp3) is 0.375. The van der Waals surface area contributed by atoms with E-state index in [2.05, 4.69) is 5.32 Å². The maximum Gasteiger partial charge on any atom is 0.337 e. The van der Waals surface area contributed by atoms with Crippen molar-refractivity contribution in [2.45, 2.75) is 59.7 Å². The first-order chi connectivity index (χ1) is 15.1. The number of hydrogen-bond acceptors (Lipinski definition) is 7. The number of ether oxygens (including phenoxy) is 2. The second-order valence-corrected chi connectivity index (χ2v) is 9.42. The minimum absolute atomic E-state index is 0.304. The summed E-state index contributed by atoms with van der Waals surface area (Å²) in [5.74, 6) is -1.68. The van der Waals surface area contributed by atoms with Crippen LogP contribution in [0.25, 0.3) is 10.6 Å². The Morgan fingerprint density at radius 1 is 0.969 bits per heavy atom. The summed E-state index contributed by atoms with van der Waals surface area (Å²) >= 11 is 7.45. The molecule has 0 spiro atoms. The number of halogens is 1. The molecule has 1 aromatic heterocycles. The van der Waals surface area contributed by atoms with Crippen LogP contribution in [-0.2, 0) is 19.1 Å².